The summed E-state index contributed by atoms with van der Waals surface area (Å²) < 4.78 is 0. The van der Waals surface area contributed by atoms with Crippen molar-refractivity contribution < 1.29 is 9.59 Å². The van der Waals surface area contributed by atoms with E-state index in [0.29, 0.717) is 24.2 Å². The van der Waals surface area contributed by atoms with Crippen molar-refractivity contribution in [1.29, 1.82) is 0 Å². The van der Waals surface area contributed by atoms with E-state index in [1.54, 1.807) is 12.1 Å². The highest BCUT2D eigenvalue weighted by atomic mass is 16.1. The number of carbonyl (C=O) groups excluding carboxylic acids is 2. The predicted octanol–water partition coefficient (Wildman–Crippen LogP) is 5.05. The van der Waals surface area contributed by atoms with Gasteiger partial charge in [-0.1, -0.05) is 48.7 Å². The van der Waals surface area contributed by atoms with Gasteiger partial charge in [-0.05, 0) is 44.4 Å². The molecule has 0 fully saturated rings. The van der Waals surface area contributed by atoms with Crippen LogP contribution in [0.4, 0.5) is 11.4 Å². The Hall–Kier alpha value is -2.62. The summed E-state index contributed by atoms with van der Waals surface area (Å²) in [7, 11) is 0. The molecule has 0 saturated heterocycles. The smallest absolute Gasteiger partial charge is 0.224 e. The van der Waals surface area contributed by atoms with E-state index < -0.39 is 0 Å². The number of unbranched alkanes of at least 4 members (excludes halogenated alkanes) is 3. The second-order valence-electron chi connectivity index (χ2n) is 6.79. The average Bonchev–Trinajstić information content (AvgIpc) is 2.59. The third-order valence-corrected chi connectivity index (χ3v) is 4.47. The Kier molecular flexibility index (Phi) is 7.39. The standard InChI is InChI=1S/C22H28N2O2/c1-16-13-14-18(17(2)15-16)21(25)11-5-3-4-6-12-22(26)24-20-10-8-7-9-19(20)23/h7-10,13-15H,3-6,11-12,23H2,1-2H3,(H,24,26). The summed E-state index contributed by atoms with van der Waals surface area (Å²) in [5, 5.41) is 2.83. The minimum absolute atomic E-state index is 0.0192. The van der Waals surface area contributed by atoms with E-state index in [0.717, 1.165) is 36.8 Å². The molecule has 0 bridgehead atoms. The highest BCUT2D eigenvalue weighted by Crippen LogP contribution is 2.18. The van der Waals surface area contributed by atoms with Crippen LogP contribution in [-0.2, 0) is 4.79 Å². The van der Waals surface area contributed by atoms with Gasteiger partial charge < -0.3 is 11.1 Å². The first-order chi connectivity index (χ1) is 12.5. The minimum Gasteiger partial charge on any atom is -0.397 e. The quantitative estimate of drug-likeness (QED) is 0.377. The number of ketones is 1. The monoisotopic (exact) mass is 352 g/mol. The first kappa shape index (κ1) is 19.7. The van der Waals surface area contributed by atoms with Crippen LogP contribution in [0.2, 0.25) is 0 Å². The largest absolute Gasteiger partial charge is 0.397 e. The highest BCUT2D eigenvalue weighted by Gasteiger charge is 2.09. The lowest BCUT2D eigenvalue weighted by Gasteiger charge is -2.08. The number of Topliss-reactive ketones (excluding diaryl/α,β-unsaturated/α-hetero) is 1. The summed E-state index contributed by atoms with van der Waals surface area (Å²) in [6.45, 7) is 4.02. The first-order valence-corrected chi connectivity index (χ1v) is 9.22. The number of rotatable bonds is 9. The van der Waals surface area contributed by atoms with Crippen molar-refractivity contribution in [2.45, 2.75) is 52.4 Å². The zero-order chi connectivity index (χ0) is 18.9. The topological polar surface area (TPSA) is 72.2 Å². The molecule has 0 spiro atoms. The van der Waals surface area contributed by atoms with Gasteiger partial charge in [0.2, 0.25) is 5.91 Å². The zero-order valence-electron chi connectivity index (χ0n) is 15.7. The van der Waals surface area contributed by atoms with Crippen molar-refractivity contribution in [3.63, 3.8) is 0 Å². The number of amides is 1. The summed E-state index contributed by atoms with van der Waals surface area (Å²) in [6.07, 6.45) is 4.61. The van der Waals surface area contributed by atoms with E-state index in [1.807, 2.05) is 44.2 Å². The fraction of sp³-hybridized carbons (Fsp3) is 0.364. The molecule has 0 aliphatic heterocycles. The van der Waals surface area contributed by atoms with Crippen LogP contribution >= 0.6 is 0 Å². The molecule has 3 N–H and O–H groups in total. The van der Waals surface area contributed by atoms with Crippen molar-refractivity contribution in [1.82, 2.24) is 0 Å². The molecular weight excluding hydrogens is 324 g/mol. The summed E-state index contributed by atoms with van der Waals surface area (Å²) in [6, 6.07) is 13.2. The maximum atomic E-state index is 12.3. The van der Waals surface area contributed by atoms with E-state index in [9.17, 15) is 9.59 Å². The van der Waals surface area contributed by atoms with Crippen LogP contribution < -0.4 is 11.1 Å². The molecule has 138 valence electrons. The number of anilines is 2. The Labute approximate surface area is 155 Å². The van der Waals surface area contributed by atoms with Gasteiger partial charge in [-0.2, -0.15) is 0 Å². The highest BCUT2D eigenvalue weighted by molar-refractivity contribution is 5.97. The van der Waals surface area contributed by atoms with Crippen molar-refractivity contribution in [3.8, 4) is 0 Å². The van der Waals surface area contributed by atoms with Gasteiger partial charge in [-0.3, -0.25) is 9.59 Å². The molecule has 0 aliphatic rings. The number of aryl methyl sites for hydroxylation is 2. The maximum absolute atomic E-state index is 12.3. The van der Waals surface area contributed by atoms with Gasteiger partial charge in [0.15, 0.2) is 5.78 Å². The number of nitrogens with one attached hydrogen (secondary N) is 1. The third kappa shape index (κ3) is 6.03. The predicted molar refractivity (Wildman–Crippen MR) is 107 cm³/mol. The van der Waals surface area contributed by atoms with Crippen LogP contribution in [0.3, 0.4) is 0 Å². The van der Waals surface area contributed by atoms with Gasteiger partial charge >= 0.3 is 0 Å². The number of nitrogens with two attached hydrogens (primary N) is 1. The number of benzene rings is 2. The number of hydrogen-bond donors (Lipinski definition) is 2. The number of para-hydroxylation sites is 2. The van der Waals surface area contributed by atoms with Crippen molar-refractivity contribution in [3.05, 3.63) is 59.2 Å². The lowest BCUT2D eigenvalue weighted by atomic mass is 9.98. The van der Waals surface area contributed by atoms with Crippen LogP contribution in [0.15, 0.2) is 42.5 Å². The van der Waals surface area contributed by atoms with E-state index >= 15 is 0 Å². The van der Waals surface area contributed by atoms with E-state index in [4.69, 9.17) is 5.73 Å². The molecule has 0 atom stereocenters. The molecule has 0 unspecified atom stereocenters. The first-order valence-electron chi connectivity index (χ1n) is 9.22. The van der Waals surface area contributed by atoms with Gasteiger partial charge in [0.05, 0.1) is 11.4 Å². The Balaban J connectivity index is 1.62. The van der Waals surface area contributed by atoms with Gasteiger partial charge in [0, 0.05) is 18.4 Å². The Morgan fingerprint density at radius 3 is 2.31 bits per heavy atom. The molecule has 0 aromatic heterocycles. The molecule has 26 heavy (non-hydrogen) atoms. The van der Waals surface area contributed by atoms with Crippen LogP contribution in [0.25, 0.3) is 0 Å². The SMILES string of the molecule is Cc1ccc(C(=O)CCCCCCC(=O)Nc2ccccc2N)c(C)c1. The molecule has 4 heteroatoms. The number of nitrogen functional groups attached to an aromatic ring is 1. The fourth-order valence-corrected chi connectivity index (χ4v) is 3.01. The average molecular weight is 352 g/mol. The summed E-state index contributed by atoms with van der Waals surface area (Å²) in [5.41, 5.74) is 10.1. The second-order valence-corrected chi connectivity index (χ2v) is 6.79. The molecule has 2 aromatic carbocycles. The van der Waals surface area contributed by atoms with Gasteiger partial charge in [-0.25, -0.2) is 0 Å². The van der Waals surface area contributed by atoms with E-state index in [1.165, 1.54) is 5.56 Å². The van der Waals surface area contributed by atoms with Crippen LogP contribution in [0.5, 0.6) is 0 Å². The van der Waals surface area contributed by atoms with Gasteiger partial charge in [-0.15, -0.1) is 0 Å². The molecule has 0 heterocycles. The Morgan fingerprint density at radius 2 is 1.62 bits per heavy atom. The number of carbonyl (C=O) groups is 2. The molecule has 2 rings (SSSR count). The van der Waals surface area contributed by atoms with E-state index in [2.05, 4.69) is 5.32 Å². The third-order valence-electron chi connectivity index (χ3n) is 4.47. The van der Waals surface area contributed by atoms with E-state index in [-0.39, 0.29) is 11.7 Å². The molecule has 0 saturated carbocycles. The van der Waals surface area contributed by atoms with Crippen molar-refractivity contribution in [2.75, 3.05) is 11.1 Å². The lowest BCUT2D eigenvalue weighted by Crippen LogP contribution is -2.12. The summed E-state index contributed by atoms with van der Waals surface area (Å²) >= 11 is 0. The Morgan fingerprint density at radius 1 is 0.923 bits per heavy atom. The van der Waals surface area contributed by atoms with Crippen molar-refractivity contribution in [2.24, 2.45) is 0 Å². The van der Waals surface area contributed by atoms with Crippen LogP contribution in [-0.4, -0.2) is 11.7 Å². The minimum atomic E-state index is -0.0192. The Bertz CT molecular complexity index is 768. The normalized spacial score (nSPS) is 10.5. The molecule has 0 radical (unpaired) electrons. The summed E-state index contributed by atoms with van der Waals surface area (Å²) in [5.74, 6) is 0.189. The molecule has 0 aliphatic carbocycles. The second kappa shape index (κ2) is 9.76. The summed E-state index contributed by atoms with van der Waals surface area (Å²) in [4.78, 5) is 24.2. The van der Waals surface area contributed by atoms with Gasteiger partial charge in [0.25, 0.3) is 0 Å². The van der Waals surface area contributed by atoms with Crippen LogP contribution in [0, 0.1) is 13.8 Å². The van der Waals surface area contributed by atoms with Crippen molar-refractivity contribution >= 4 is 23.1 Å². The maximum Gasteiger partial charge on any atom is 0.224 e. The fourth-order valence-electron chi connectivity index (χ4n) is 3.01. The molecular formula is C22H28N2O2. The lowest BCUT2D eigenvalue weighted by molar-refractivity contribution is -0.116. The molecule has 1 amide bonds. The van der Waals surface area contributed by atoms with Gasteiger partial charge in [0.1, 0.15) is 0 Å². The zero-order valence-corrected chi connectivity index (χ0v) is 15.7. The molecule has 4 nitrogen and oxygen atoms in total. The number of hydrogen-bond acceptors (Lipinski definition) is 3. The van der Waals surface area contributed by atoms with Crippen LogP contribution in [0.1, 0.15) is 60.0 Å². The molecule has 2 aromatic rings.